The minimum atomic E-state index is 0.640. The van der Waals surface area contributed by atoms with Crippen LogP contribution in [0.4, 0.5) is 0 Å². The lowest BCUT2D eigenvalue weighted by Crippen LogP contribution is -2.00. The Bertz CT molecular complexity index is 2820. The molecule has 0 aliphatic heterocycles. The van der Waals surface area contributed by atoms with Crippen LogP contribution in [-0.4, -0.2) is 24.1 Å². The van der Waals surface area contributed by atoms with Crippen molar-refractivity contribution >= 4 is 32.7 Å². The molecule has 244 valence electrons. The average molecular weight is 666 g/mol. The predicted octanol–water partition coefficient (Wildman–Crippen LogP) is 11.6. The standard InChI is InChI=1S/C47H31N5/c1-5-14-32(15-6-1)45-48-46(33-16-7-2-8-17-33)50-47(49-45)36-19-13-18-34(30-36)35-24-26-43-41(31-35)39-25-27-42-40(28-29-51(42)37-20-9-3-10-21-37)44(39)52(43)38-22-11-4-12-23-38/h1-31H. The van der Waals surface area contributed by atoms with Crippen LogP contribution in [0.5, 0.6) is 0 Å². The van der Waals surface area contributed by atoms with Crippen LogP contribution in [-0.2, 0) is 0 Å². The Kier molecular flexibility index (Phi) is 7.07. The summed E-state index contributed by atoms with van der Waals surface area (Å²) in [4.78, 5) is 14.9. The molecule has 0 fully saturated rings. The zero-order valence-electron chi connectivity index (χ0n) is 28.1. The topological polar surface area (TPSA) is 48.5 Å². The van der Waals surface area contributed by atoms with Crippen molar-refractivity contribution < 1.29 is 0 Å². The molecule has 0 saturated carbocycles. The van der Waals surface area contributed by atoms with E-state index in [0.29, 0.717) is 17.5 Å². The monoisotopic (exact) mass is 665 g/mol. The Hall–Kier alpha value is -7.11. The fourth-order valence-electron chi connectivity index (χ4n) is 7.34. The summed E-state index contributed by atoms with van der Waals surface area (Å²) in [5.41, 5.74) is 10.9. The maximum absolute atomic E-state index is 4.99. The van der Waals surface area contributed by atoms with Crippen LogP contribution < -0.4 is 0 Å². The van der Waals surface area contributed by atoms with Gasteiger partial charge in [-0.3, -0.25) is 0 Å². The highest BCUT2D eigenvalue weighted by Crippen LogP contribution is 2.39. The van der Waals surface area contributed by atoms with Crippen molar-refractivity contribution in [2.45, 2.75) is 0 Å². The first kappa shape index (κ1) is 29.8. The Morgan fingerprint density at radius 2 is 0.846 bits per heavy atom. The minimum Gasteiger partial charge on any atom is -0.316 e. The molecule has 0 aliphatic rings. The molecular formula is C47H31N5. The second kappa shape index (κ2) is 12.3. The number of nitrogens with zero attached hydrogens (tertiary/aromatic N) is 5. The van der Waals surface area contributed by atoms with Gasteiger partial charge in [0.25, 0.3) is 0 Å². The fourth-order valence-corrected chi connectivity index (χ4v) is 7.34. The summed E-state index contributed by atoms with van der Waals surface area (Å²) < 4.78 is 4.68. The Morgan fingerprint density at radius 1 is 0.327 bits per heavy atom. The van der Waals surface area contributed by atoms with Crippen molar-refractivity contribution in [3.8, 4) is 56.7 Å². The molecule has 7 aromatic carbocycles. The summed E-state index contributed by atoms with van der Waals surface area (Å²) in [5.74, 6) is 1.94. The molecule has 0 aliphatic carbocycles. The molecule has 0 unspecified atom stereocenters. The van der Waals surface area contributed by atoms with Gasteiger partial charge in [0, 0.05) is 50.4 Å². The van der Waals surface area contributed by atoms with Crippen LogP contribution in [0.2, 0.25) is 0 Å². The number of hydrogen-bond acceptors (Lipinski definition) is 3. The number of fused-ring (bicyclic) bond motifs is 5. The number of benzene rings is 7. The zero-order chi connectivity index (χ0) is 34.4. The van der Waals surface area contributed by atoms with Crippen LogP contribution in [0.3, 0.4) is 0 Å². The highest BCUT2D eigenvalue weighted by Gasteiger charge is 2.18. The van der Waals surface area contributed by atoms with Gasteiger partial charge in [0.05, 0.1) is 16.6 Å². The van der Waals surface area contributed by atoms with E-state index in [4.69, 9.17) is 15.0 Å². The van der Waals surface area contributed by atoms with Crippen molar-refractivity contribution in [2.24, 2.45) is 0 Å². The number of para-hydroxylation sites is 2. The van der Waals surface area contributed by atoms with E-state index in [0.717, 1.165) is 39.2 Å². The van der Waals surface area contributed by atoms with Gasteiger partial charge in [0.2, 0.25) is 0 Å². The molecule has 0 radical (unpaired) electrons. The largest absolute Gasteiger partial charge is 0.316 e. The molecule has 0 atom stereocenters. The van der Waals surface area contributed by atoms with Crippen LogP contribution in [0.15, 0.2) is 188 Å². The van der Waals surface area contributed by atoms with Crippen molar-refractivity contribution in [3.63, 3.8) is 0 Å². The molecule has 0 N–H and O–H groups in total. The lowest BCUT2D eigenvalue weighted by molar-refractivity contribution is 1.07. The molecule has 3 heterocycles. The van der Waals surface area contributed by atoms with Gasteiger partial charge in [-0.25, -0.2) is 15.0 Å². The lowest BCUT2D eigenvalue weighted by Gasteiger charge is -2.10. The first-order chi connectivity index (χ1) is 25.8. The molecule has 5 heteroatoms. The summed E-state index contributed by atoms with van der Waals surface area (Å²) in [7, 11) is 0. The third kappa shape index (κ3) is 5.07. The SMILES string of the molecule is c1ccc(-c2nc(-c3ccccc3)nc(-c3cccc(-c4ccc5c(c4)c4ccc6c(ccn6-c6ccccc6)c4n5-c4ccccc4)c3)n2)cc1. The number of rotatable bonds is 6. The lowest BCUT2D eigenvalue weighted by atomic mass is 10.00. The summed E-state index contributed by atoms with van der Waals surface area (Å²) in [5, 5.41) is 3.63. The maximum atomic E-state index is 4.99. The molecule has 0 spiro atoms. The van der Waals surface area contributed by atoms with E-state index in [-0.39, 0.29) is 0 Å². The van der Waals surface area contributed by atoms with Gasteiger partial charge in [-0.15, -0.1) is 0 Å². The minimum absolute atomic E-state index is 0.640. The van der Waals surface area contributed by atoms with Gasteiger partial charge in [0.15, 0.2) is 17.5 Å². The zero-order valence-corrected chi connectivity index (χ0v) is 28.1. The van der Waals surface area contributed by atoms with E-state index < -0.39 is 0 Å². The van der Waals surface area contributed by atoms with E-state index in [1.165, 1.54) is 32.7 Å². The van der Waals surface area contributed by atoms with Gasteiger partial charge < -0.3 is 9.13 Å². The van der Waals surface area contributed by atoms with E-state index in [1.54, 1.807) is 0 Å². The van der Waals surface area contributed by atoms with E-state index in [2.05, 4.69) is 137 Å². The Labute approximate surface area is 300 Å². The van der Waals surface area contributed by atoms with E-state index in [9.17, 15) is 0 Å². The molecule has 52 heavy (non-hydrogen) atoms. The summed E-state index contributed by atoms with van der Waals surface area (Å²) in [6.45, 7) is 0. The highest BCUT2D eigenvalue weighted by molar-refractivity contribution is 6.19. The van der Waals surface area contributed by atoms with Crippen molar-refractivity contribution in [2.75, 3.05) is 0 Å². The van der Waals surface area contributed by atoms with Crippen LogP contribution in [0.25, 0.3) is 89.4 Å². The number of hydrogen-bond donors (Lipinski definition) is 0. The Morgan fingerprint density at radius 3 is 1.50 bits per heavy atom. The first-order valence-electron chi connectivity index (χ1n) is 17.5. The third-order valence-electron chi connectivity index (χ3n) is 9.80. The van der Waals surface area contributed by atoms with Crippen LogP contribution >= 0.6 is 0 Å². The second-order valence-electron chi connectivity index (χ2n) is 12.9. The van der Waals surface area contributed by atoms with Crippen molar-refractivity contribution in [3.05, 3.63) is 188 Å². The number of aromatic nitrogens is 5. The van der Waals surface area contributed by atoms with E-state index in [1.807, 2.05) is 60.7 Å². The summed E-state index contributed by atoms with van der Waals surface area (Å²) in [6, 6.07) is 63.5. The van der Waals surface area contributed by atoms with Gasteiger partial charge in [-0.1, -0.05) is 127 Å². The van der Waals surface area contributed by atoms with Gasteiger partial charge in [-0.2, -0.15) is 0 Å². The molecule has 10 rings (SSSR count). The van der Waals surface area contributed by atoms with Gasteiger partial charge in [-0.05, 0) is 65.7 Å². The van der Waals surface area contributed by atoms with Gasteiger partial charge in [0.1, 0.15) is 0 Å². The smallest absolute Gasteiger partial charge is 0.164 e. The molecular weight excluding hydrogens is 635 g/mol. The van der Waals surface area contributed by atoms with Crippen LogP contribution in [0, 0.1) is 0 Å². The Balaban J connectivity index is 1.14. The molecule has 10 aromatic rings. The molecule has 0 saturated heterocycles. The molecule has 5 nitrogen and oxygen atoms in total. The third-order valence-corrected chi connectivity index (χ3v) is 9.80. The average Bonchev–Trinajstić information content (AvgIpc) is 3.81. The van der Waals surface area contributed by atoms with Crippen molar-refractivity contribution in [1.29, 1.82) is 0 Å². The predicted molar refractivity (Wildman–Crippen MR) is 213 cm³/mol. The highest BCUT2D eigenvalue weighted by atomic mass is 15.0. The normalized spacial score (nSPS) is 11.5. The van der Waals surface area contributed by atoms with Gasteiger partial charge >= 0.3 is 0 Å². The maximum Gasteiger partial charge on any atom is 0.164 e. The first-order valence-corrected chi connectivity index (χ1v) is 17.5. The summed E-state index contributed by atoms with van der Waals surface area (Å²) in [6.07, 6.45) is 2.18. The molecule has 0 bridgehead atoms. The summed E-state index contributed by atoms with van der Waals surface area (Å²) >= 11 is 0. The van der Waals surface area contributed by atoms with Crippen molar-refractivity contribution in [1.82, 2.24) is 24.1 Å². The van der Waals surface area contributed by atoms with Crippen LogP contribution in [0.1, 0.15) is 0 Å². The quantitative estimate of drug-likeness (QED) is 0.178. The molecule has 0 amide bonds. The second-order valence-corrected chi connectivity index (χ2v) is 12.9. The fraction of sp³-hybridized carbons (Fsp3) is 0. The molecule has 3 aromatic heterocycles. The van der Waals surface area contributed by atoms with E-state index >= 15 is 0 Å².